The highest BCUT2D eigenvalue weighted by molar-refractivity contribution is 6.25. The summed E-state index contributed by atoms with van der Waals surface area (Å²) in [7, 11) is 0. The van der Waals surface area contributed by atoms with Crippen molar-refractivity contribution in [2.45, 2.75) is 12.8 Å². The van der Waals surface area contributed by atoms with Gasteiger partial charge in [-0.05, 0) is 118 Å². The molecule has 0 aliphatic heterocycles. The number of hydrogen-bond acceptors (Lipinski definition) is 0. The fourth-order valence-corrected chi connectivity index (χ4v) is 8.16. The fraction of sp³-hybridized carbons (Fsp3) is 0.0435. The van der Waals surface area contributed by atoms with Crippen LogP contribution in [0.5, 0.6) is 0 Å². The van der Waals surface area contributed by atoms with Crippen LogP contribution in [0.2, 0.25) is 0 Å². The average molecular weight is 583 g/mol. The molecule has 2 aliphatic rings. The quantitative estimate of drug-likeness (QED) is 0.182. The maximum Gasteiger partial charge on any atom is -0.00609 e. The second kappa shape index (κ2) is 9.89. The van der Waals surface area contributed by atoms with E-state index in [1.165, 1.54) is 98.7 Å². The lowest BCUT2D eigenvalue weighted by Gasteiger charge is -2.26. The lowest BCUT2D eigenvalue weighted by molar-refractivity contribution is 1.23. The maximum absolute atomic E-state index is 2.43. The molecule has 46 heavy (non-hydrogen) atoms. The van der Waals surface area contributed by atoms with Crippen LogP contribution in [-0.2, 0) is 12.8 Å². The Morgan fingerprint density at radius 3 is 1.30 bits per heavy atom. The van der Waals surface area contributed by atoms with Crippen molar-refractivity contribution >= 4 is 54.2 Å². The van der Waals surface area contributed by atoms with Gasteiger partial charge in [0.2, 0.25) is 0 Å². The highest BCUT2D eigenvalue weighted by atomic mass is 14.3. The monoisotopic (exact) mass is 582 g/mol. The zero-order valence-electron chi connectivity index (χ0n) is 25.4. The van der Waals surface area contributed by atoms with Crippen molar-refractivity contribution < 1.29 is 0 Å². The van der Waals surface area contributed by atoms with E-state index in [2.05, 4.69) is 158 Å². The van der Waals surface area contributed by atoms with Crippen LogP contribution in [0.3, 0.4) is 0 Å². The molecular weight excluding hydrogens is 553 g/mol. The van der Waals surface area contributed by atoms with Gasteiger partial charge in [-0.3, -0.25) is 0 Å². The van der Waals surface area contributed by atoms with Gasteiger partial charge in [-0.2, -0.15) is 0 Å². The Labute approximate surface area is 268 Å². The van der Waals surface area contributed by atoms with Crippen molar-refractivity contribution in [3.63, 3.8) is 0 Å². The molecule has 0 aromatic heterocycles. The van der Waals surface area contributed by atoms with E-state index in [4.69, 9.17) is 0 Å². The number of fused-ring (bicyclic) bond motifs is 6. The molecular formula is C46H30. The average Bonchev–Trinajstić information content (AvgIpc) is 3.14. The third-order valence-electron chi connectivity index (χ3n) is 10.3. The summed E-state index contributed by atoms with van der Waals surface area (Å²) in [6.07, 6.45) is 6.77. The van der Waals surface area contributed by atoms with Crippen molar-refractivity contribution in [2.75, 3.05) is 0 Å². The molecule has 0 spiro atoms. The van der Waals surface area contributed by atoms with Crippen LogP contribution in [0, 0.1) is 0 Å². The van der Waals surface area contributed by atoms with Crippen molar-refractivity contribution in [3.8, 4) is 11.1 Å². The van der Waals surface area contributed by atoms with E-state index in [0.717, 1.165) is 12.8 Å². The van der Waals surface area contributed by atoms with Crippen molar-refractivity contribution in [2.24, 2.45) is 0 Å². The zero-order valence-corrected chi connectivity index (χ0v) is 25.4. The fourth-order valence-electron chi connectivity index (χ4n) is 8.16. The van der Waals surface area contributed by atoms with Gasteiger partial charge < -0.3 is 0 Å². The van der Waals surface area contributed by atoms with Crippen LogP contribution in [0.25, 0.3) is 65.4 Å². The van der Waals surface area contributed by atoms with Gasteiger partial charge in [0.05, 0.1) is 0 Å². The Bertz CT molecular complexity index is 2560. The number of benzene rings is 8. The first kappa shape index (κ1) is 25.6. The second-order valence-electron chi connectivity index (χ2n) is 12.7. The van der Waals surface area contributed by atoms with Gasteiger partial charge in [-0.1, -0.05) is 152 Å². The number of allylic oxidation sites excluding steroid dienone is 2. The molecule has 0 heterocycles. The molecule has 0 radical (unpaired) electrons. The lowest BCUT2D eigenvalue weighted by atomic mass is 9.78. The molecule has 0 unspecified atom stereocenters. The molecule has 214 valence electrons. The van der Waals surface area contributed by atoms with Crippen molar-refractivity contribution in [1.82, 2.24) is 0 Å². The molecule has 0 fully saturated rings. The topological polar surface area (TPSA) is 0 Å². The summed E-state index contributed by atoms with van der Waals surface area (Å²) in [6, 6.07) is 54.1. The molecule has 0 amide bonds. The summed E-state index contributed by atoms with van der Waals surface area (Å²) in [4.78, 5) is 0. The largest absolute Gasteiger partial charge is 0.0716 e. The summed E-state index contributed by atoms with van der Waals surface area (Å²) in [5.74, 6) is 0. The van der Waals surface area contributed by atoms with E-state index < -0.39 is 0 Å². The molecule has 8 aromatic carbocycles. The molecule has 0 nitrogen and oxygen atoms in total. The molecule has 8 aromatic rings. The minimum atomic E-state index is 0.959. The summed E-state index contributed by atoms with van der Waals surface area (Å²) in [6.45, 7) is 0. The number of rotatable bonds is 3. The standard InChI is InChI=1S/C46H30/c1-2-8-30(9-3-1)35-23-18-32-21-27-43-36(24-19-33-20-26-42(35)45(32)46(33)43)31-16-14-29(15-17-31)34-22-25-41-39-12-5-4-10-37(39)38-11-6-7-13-40(38)44(41)28-34/h1-17,20-28H,18-19H2. The summed E-state index contributed by atoms with van der Waals surface area (Å²) >= 11 is 0. The summed E-state index contributed by atoms with van der Waals surface area (Å²) in [5.41, 5.74) is 13.4. The highest BCUT2D eigenvalue weighted by Gasteiger charge is 2.23. The van der Waals surface area contributed by atoms with E-state index in [1.807, 2.05) is 0 Å². The molecule has 0 N–H and O–H groups in total. The first-order valence-electron chi connectivity index (χ1n) is 16.3. The molecule has 0 saturated carbocycles. The van der Waals surface area contributed by atoms with Gasteiger partial charge in [0, 0.05) is 0 Å². The normalized spacial score (nSPS) is 13.7. The predicted octanol–water partition coefficient (Wildman–Crippen LogP) is 11.9. The van der Waals surface area contributed by atoms with Crippen molar-refractivity contribution in [3.05, 3.63) is 191 Å². The molecule has 10 rings (SSSR count). The third kappa shape index (κ3) is 3.74. The highest BCUT2D eigenvalue weighted by Crippen LogP contribution is 2.44. The van der Waals surface area contributed by atoms with Gasteiger partial charge in [0.25, 0.3) is 0 Å². The molecule has 0 heteroatoms. The van der Waals surface area contributed by atoms with E-state index in [9.17, 15) is 0 Å². The summed E-state index contributed by atoms with van der Waals surface area (Å²) in [5, 5.41) is 10.8. The lowest BCUT2D eigenvalue weighted by Crippen LogP contribution is -2.06. The van der Waals surface area contributed by atoms with Crippen LogP contribution < -0.4 is 0 Å². The van der Waals surface area contributed by atoms with E-state index in [-0.39, 0.29) is 0 Å². The molecule has 0 atom stereocenters. The summed E-state index contributed by atoms with van der Waals surface area (Å²) < 4.78 is 0. The predicted molar refractivity (Wildman–Crippen MR) is 196 cm³/mol. The van der Waals surface area contributed by atoms with Gasteiger partial charge >= 0.3 is 0 Å². The Balaban J connectivity index is 1.06. The van der Waals surface area contributed by atoms with Crippen LogP contribution in [0.1, 0.15) is 33.4 Å². The molecule has 2 aliphatic carbocycles. The molecule has 0 saturated heterocycles. The van der Waals surface area contributed by atoms with Crippen LogP contribution in [0.4, 0.5) is 0 Å². The number of hydrogen-bond donors (Lipinski definition) is 0. The van der Waals surface area contributed by atoms with Gasteiger partial charge in [-0.15, -0.1) is 0 Å². The Morgan fingerprint density at radius 2 is 0.739 bits per heavy atom. The second-order valence-corrected chi connectivity index (χ2v) is 12.7. The SMILES string of the molecule is C1=C(c2ccccc2)c2ccc3c4c(ccc(c24)C1)C(c1ccc(-c2ccc4c5ccccc5c5ccccc5c4c2)cc1)=CC3. The minimum Gasteiger partial charge on any atom is -0.0716 e. The Kier molecular flexibility index (Phi) is 5.50. The maximum atomic E-state index is 2.43. The smallest absolute Gasteiger partial charge is 0.00609 e. The first-order valence-corrected chi connectivity index (χ1v) is 16.3. The first-order chi connectivity index (χ1) is 22.8. The Hall–Kier alpha value is -5.72. The third-order valence-corrected chi connectivity index (χ3v) is 10.3. The van der Waals surface area contributed by atoms with E-state index in [0.29, 0.717) is 0 Å². The van der Waals surface area contributed by atoms with Crippen LogP contribution >= 0.6 is 0 Å². The Morgan fingerprint density at radius 1 is 0.304 bits per heavy atom. The zero-order chi connectivity index (χ0) is 30.2. The van der Waals surface area contributed by atoms with Crippen LogP contribution in [-0.4, -0.2) is 0 Å². The van der Waals surface area contributed by atoms with Gasteiger partial charge in [-0.25, -0.2) is 0 Å². The van der Waals surface area contributed by atoms with E-state index in [1.54, 1.807) is 0 Å². The van der Waals surface area contributed by atoms with Crippen molar-refractivity contribution in [1.29, 1.82) is 0 Å². The van der Waals surface area contributed by atoms with Gasteiger partial charge in [0.1, 0.15) is 0 Å². The van der Waals surface area contributed by atoms with Gasteiger partial charge in [0.15, 0.2) is 0 Å². The minimum absolute atomic E-state index is 0.959. The van der Waals surface area contributed by atoms with E-state index >= 15 is 0 Å². The molecule has 0 bridgehead atoms. The van der Waals surface area contributed by atoms with Crippen LogP contribution in [0.15, 0.2) is 158 Å².